The smallest absolute Gasteiger partial charge is 0.255 e. The minimum Gasteiger partial charge on any atom is -0.393 e. The molecule has 1 fully saturated rings. The topological polar surface area (TPSA) is 103 Å². The van der Waals surface area contributed by atoms with E-state index in [9.17, 15) is 14.7 Å². The molecular formula is C35H31N5O3. The minimum atomic E-state index is -0.216. The van der Waals surface area contributed by atoms with Gasteiger partial charge in [-0.1, -0.05) is 0 Å². The van der Waals surface area contributed by atoms with Gasteiger partial charge in [-0.2, -0.15) is 0 Å². The van der Waals surface area contributed by atoms with Gasteiger partial charge in [-0.15, -0.1) is 0 Å². The summed E-state index contributed by atoms with van der Waals surface area (Å²) < 4.78 is 2.07. The molecule has 4 heterocycles. The van der Waals surface area contributed by atoms with Gasteiger partial charge in [0, 0.05) is 77.1 Å². The third kappa shape index (κ3) is 5.52. The van der Waals surface area contributed by atoms with Crippen molar-refractivity contribution in [1.29, 1.82) is 0 Å². The fourth-order valence-electron chi connectivity index (χ4n) is 5.77. The number of amides is 1. The van der Waals surface area contributed by atoms with Crippen LogP contribution in [-0.2, 0) is 6.42 Å². The number of carbonyl (C=O) groups excluding carboxylic acids is 2. The number of carbonyl (C=O) groups is 2. The van der Waals surface area contributed by atoms with Crippen LogP contribution in [0, 0.1) is 0 Å². The number of aromatic amines is 1. The van der Waals surface area contributed by atoms with E-state index in [4.69, 9.17) is 0 Å². The molecule has 1 aliphatic heterocycles. The van der Waals surface area contributed by atoms with E-state index >= 15 is 0 Å². The Morgan fingerprint density at radius 3 is 2.40 bits per heavy atom. The maximum absolute atomic E-state index is 13.0. The first-order valence-corrected chi connectivity index (χ1v) is 14.5. The molecule has 1 saturated heterocycles. The molecule has 3 aromatic carbocycles. The van der Waals surface area contributed by atoms with E-state index in [1.165, 1.54) is 0 Å². The molecule has 7 rings (SSSR count). The number of hydrogen-bond donors (Lipinski definition) is 3. The third-order valence-electron chi connectivity index (χ3n) is 8.20. The second-order valence-electron chi connectivity index (χ2n) is 11.1. The van der Waals surface area contributed by atoms with Gasteiger partial charge in [-0.3, -0.25) is 9.59 Å². The van der Waals surface area contributed by atoms with Crippen molar-refractivity contribution < 1.29 is 14.7 Å². The number of H-pyrrole nitrogens is 1. The van der Waals surface area contributed by atoms with Crippen LogP contribution < -0.4 is 10.2 Å². The van der Waals surface area contributed by atoms with Crippen LogP contribution >= 0.6 is 0 Å². The van der Waals surface area contributed by atoms with Crippen molar-refractivity contribution in [2.24, 2.45) is 0 Å². The number of Topliss-reactive ketones (excluding diaryl/α,β-unsaturated/α-hetero) is 1. The molecule has 0 saturated carbocycles. The van der Waals surface area contributed by atoms with Gasteiger partial charge in [-0.25, -0.2) is 4.98 Å². The second kappa shape index (κ2) is 11.2. The van der Waals surface area contributed by atoms with E-state index < -0.39 is 0 Å². The van der Waals surface area contributed by atoms with E-state index in [0.29, 0.717) is 17.5 Å². The lowest BCUT2D eigenvalue weighted by molar-refractivity contribution is 0.0991. The number of rotatable bonds is 7. The summed E-state index contributed by atoms with van der Waals surface area (Å²) in [6, 6.07) is 27.1. The highest BCUT2D eigenvalue weighted by Crippen LogP contribution is 2.26. The monoisotopic (exact) mass is 569 g/mol. The highest BCUT2D eigenvalue weighted by molar-refractivity contribution is 6.05. The predicted molar refractivity (Wildman–Crippen MR) is 169 cm³/mol. The standard InChI is InChI=1S/C35H31N5O3/c41-31-13-16-39(17-14-31)29-6-3-25(4-7-29)35(43)38-28-5-10-32-26(21-28)12-18-40(32)30-8-1-24(2-9-30)33(42)20-23-19-27-11-15-36-34(27)37-22-23/h1-12,15,18-19,21-22,31,41H,13-14,16-17,20H2,(H,36,37)(H,38,43). The first-order chi connectivity index (χ1) is 21.0. The van der Waals surface area contributed by atoms with Crippen molar-refractivity contribution in [3.63, 3.8) is 0 Å². The van der Waals surface area contributed by atoms with E-state index in [2.05, 4.69) is 24.8 Å². The number of nitrogens with zero attached hydrogens (tertiary/aromatic N) is 3. The molecule has 43 heavy (non-hydrogen) atoms. The zero-order valence-corrected chi connectivity index (χ0v) is 23.5. The summed E-state index contributed by atoms with van der Waals surface area (Å²) in [5, 5.41) is 14.8. The van der Waals surface area contributed by atoms with Crippen molar-refractivity contribution >= 4 is 45.0 Å². The number of ketones is 1. The van der Waals surface area contributed by atoms with Crippen molar-refractivity contribution in [1.82, 2.24) is 14.5 Å². The van der Waals surface area contributed by atoms with Crippen LogP contribution in [0.5, 0.6) is 0 Å². The normalized spacial score (nSPS) is 13.9. The SMILES string of the molecule is O=C(Cc1cnc2[nH]ccc2c1)c1ccc(-n2ccc3cc(NC(=O)c4ccc(N5CCC(O)CC5)cc4)ccc32)cc1. The Morgan fingerprint density at radius 2 is 1.60 bits per heavy atom. The highest BCUT2D eigenvalue weighted by Gasteiger charge is 2.18. The fraction of sp³-hybridized carbons (Fsp3) is 0.171. The van der Waals surface area contributed by atoms with Crippen LogP contribution in [0.15, 0.2) is 104 Å². The van der Waals surface area contributed by atoms with E-state index in [1.54, 1.807) is 6.20 Å². The lowest BCUT2D eigenvalue weighted by atomic mass is 10.0. The van der Waals surface area contributed by atoms with Crippen molar-refractivity contribution in [3.05, 3.63) is 120 Å². The van der Waals surface area contributed by atoms with Crippen LogP contribution in [0.4, 0.5) is 11.4 Å². The van der Waals surface area contributed by atoms with E-state index in [1.807, 2.05) is 97.3 Å². The number of nitrogens with one attached hydrogen (secondary N) is 2. The molecule has 0 unspecified atom stereocenters. The zero-order valence-electron chi connectivity index (χ0n) is 23.5. The molecule has 3 N–H and O–H groups in total. The van der Waals surface area contributed by atoms with Crippen molar-refractivity contribution in [3.8, 4) is 5.69 Å². The first-order valence-electron chi connectivity index (χ1n) is 14.5. The highest BCUT2D eigenvalue weighted by atomic mass is 16.3. The summed E-state index contributed by atoms with van der Waals surface area (Å²) in [5.74, 6) is -0.120. The van der Waals surface area contributed by atoms with Gasteiger partial charge < -0.3 is 24.9 Å². The number of aliphatic hydroxyl groups is 1. The van der Waals surface area contributed by atoms with Gasteiger partial charge >= 0.3 is 0 Å². The van der Waals surface area contributed by atoms with Gasteiger partial charge in [0.05, 0.1) is 11.6 Å². The Morgan fingerprint density at radius 1 is 0.860 bits per heavy atom. The van der Waals surface area contributed by atoms with Crippen LogP contribution in [0.2, 0.25) is 0 Å². The Bertz CT molecular complexity index is 1930. The lowest BCUT2D eigenvalue weighted by Gasteiger charge is -2.31. The van der Waals surface area contributed by atoms with Gasteiger partial charge in [0.1, 0.15) is 5.65 Å². The molecule has 0 bridgehead atoms. The summed E-state index contributed by atoms with van der Waals surface area (Å²) in [6.07, 6.45) is 7.18. The first kappa shape index (κ1) is 26.7. The lowest BCUT2D eigenvalue weighted by Crippen LogP contribution is -2.35. The molecular weight excluding hydrogens is 538 g/mol. The number of aromatic nitrogens is 3. The molecule has 214 valence electrons. The fourth-order valence-corrected chi connectivity index (χ4v) is 5.77. The summed E-state index contributed by atoms with van der Waals surface area (Å²) in [7, 11) is 0. The molecule has 6 aromatic rings. The average molecular weight is 570 g/mol. The van der Waals surface area contributed by atoms with Crippen LogP contribution in [0.3, 0.4) is 0 Å². The zero-order chi connectivity index (χ0) is 29.3. The summed E-state index contributed by atoms with van der Waals surface area (Å²) in [4.78, 5) is 35.6. The van der Waals surface area contributed by atoms with Crippen LogP contribution in [-0.4, -0.2) is 50.5 Å². The third-order valence-corrected chi connectivity index (χ3v) is 8.20. The van der Waals surface area contributed by atoms with Gasteiger partial charge in [0.15, 0.2) is 5.78 Å². The Hall–Kier alpha value is -5.21. The summed E-state index contributed by atoms with van der Waals surface area (Å²) in [5.41, 5.74) is 6.68. The number of aliphatic hydroxyl groups excluding tert-OH is 1. The number of benzene rings is 3. The van der Waals surface area contributed by atoms with Gasteiger partial charge in [0.25, 0.3) is 5.91 Å². The molecule has 0 aliphatic carbocycles. The molecule has 0 atom stereocenters. The summed E-state index contributed by atoms with van der Waals surface area (Å²) in [6.45, 7) is 1.64. The molecule has 3 aromatic heterocycles. The molecule has 1 amide bonds. The Kier molecular flexibility index (Phi) is 6.96. The van der Waals surface area contributed by atoms with E-state index in [0.717, 1.165) is 70.5 Å². The average Bonchev–Trinajstić information content (AvgIpc) is 3.68. The molecule has 1 aliphatic rings. The number of hydrogen-bond acceptors (Lipinski definition) is 5. The van der Waals surface area contributed by atoms with Crippen LogP contribution in [0.25, 0.3) is 27.6 Å². The van der Waals surface area contributed by atoms with Gasteiger partial charge in [0.2, 0.25) is 0 Å². The van der Waals surface area contributed by atoms with Crippen LogP contribution in [0.1, 0.15) is 39.1 Å². The van der Waals surface area contributed by atoms with Gasteiger partial charge in [-0.05, 0) is 103 Å². The predicted octanol–water partition coefficient (Wildman–Crippen LogP) is 6.15. The summed E-state index contributed by atoms with van der Waals surface area (Å²) >= 11 is 0. The van der Waals surface area contributed by atoms with Crippen molar-refractivity contribution in [2.75, 3.05) is 23.3 Å². The number of piperidine rings is 1. The maximum Gasteiger partial charge on any atom is 0.255 e. The maximum atomic E-state index is 13.0. The quantitative estimate of drug-likeness (QED) is 0.200. The largest absolute Gasteiger partial charge is 0.393 e. The minimum absolute atomic E-state index is 0.0435. The Balaban J connectivity index is 1.01. The van der Waals surface area contributed by atoms with E-state index in [-0.39, 0.29) is 17.8 Å². The second-order valence-corrected chi connectivity index (χ2v) is 11.1. The molecule has 8 heteroatoms. The molecule has 8 nitrogen and oxygen atoms in total. The Labute approximate surface area is 248 Å². The number of fused-ring (bicyclic) bond motifs is 2. The molecule has 0 radical (unpaired) electrons. The number of pyridine rings is 1. The van der Waals surface area contributed by atoms with Crippen molar-refractivity contribution in [2.45, 2.75) is 25.4 Å². The number of anilines is 2. The molecule has 0 spiro atoms.